The average molecular weight is 430 g/mol. The third-order valence-corrected chi connectivity index (χ3v) is 7.77. The van der Waals surface area contributed by atoms with Crippen molar-refractivity contribution >= 4 is 32.5 Å². The van der Waals surface area contributed by atoms with E-state index in [1.807, 2.05) is 47.4 Å². The standard InChI is InChI=1S/C20H19N3O4S2/c24-19(25)18-14-21-20(28-18)22-10-12-23(13-11-22)29(26,27)17-8-6-16(7-9-17)15-4-2-1-3-5-15/h1-9,14H,10-13H2,(H,24,25). The summed E-state index contributed by atoms with van der Waals surface area (Å²) in [4.78, 5) is 17.5. The fraction of sp³-hybridized carbons (Fsp3) is 0.200. The Bertz CT molecular complexity index is 1100. The molecule has 1 fully saturated rings. The van der Waals surface area contributed by atoms with E-state index in [4.69, 9.17) is 5.11 Å². The van der Waals surface area contributed by atoms with E-state index in [0.717, 1.165) is 22.5 Å². The van der Waals surface area contributed by atoms with Gasteiger partial charge in [0.15, 0.2) is 5.13 Å². The molecule has 4 rings (SSSR count). The minimum absolute atomic E-state index is 0.175. The van der Waals surface area contributed by atoms with Crippen LogP contribution < -0.4 is 4.90 Å². The maximum atomic E-state index is 13.0. The van der Waals surface area contributed by atoms with Gasteiger partial charge in [-0.05, 0) is 23.3 Å². The number of rotatable bonds is 5. The number of hydrogen-bond donors (Lipinski definition) is 1. The van der Waals surface area contributed by atoms with E-state index in [0.29, 0.717) is 31.3 Å². The van der Waals surface area contributed by atoms with Crippen molar-refractivity contribution < 1.29 is 18.3 Å². The Morgan fingerprint density at radius 2 is 1.55 bits per heavy atom. The van der Waals surface area contributed by atoms with Gasteiger partial charge in [0.2, 0.25) is 10.0 Å². The van der Waals surface area contributed by atoms with E-state index in [9.17, 15) is 13.2 Å². The second kappa shape index (κ2) is 7.94. The minimum atomic E-state index is -3.58. The molecule has 9 heteroatoms. The number of piperazine rings is 1. The van der Waals surface area contributed by atoms with Gasteiger partial charge in [-0.1, -0.05) is 53.8 Å². The normalized spacial score (nSPS) is 15.4. The predicted octanol–water partition coefficient (Wildman–Crippen LogP) is 3.02. The van der Waals surface area contributed by atoms with Crippen LogP contribution in [-0.4, -0.2) is 55.0 Å². The van der Waals surface area contributed by atoms with Gasteiger partial charge in [0.1, 0.15) is 4.88 Å². The Kier molecular flexibility index (Phi) is 5.35. The molecule has 1 aliphatic heterocycles. The molecule has 0 amide bonds. The lowest BCUT2D eigenvalue weighted by Gasteiger charge is -2.33. The molecule has 0 radical (unpaired) electrons. The molecule has 0 aliphatic carbocycles. The molecule has 29 heavy (non-hydrogen) atoms. The number of anilines is 1. The second-order valence-corrected chi connectivity index (χ2v) is 9.54. The van der Waals surface area contributed by atoms with Crippen molar-refractivity contribution in [3.8, 4) is 11.1 Å². The summed E-state index contributed by atoms with van der Waals surface area (Å²) in [6, 6.07) is 16.7. The lowest BCUT2D eigenvalue weighted by molar-refractivity contribution is 0.0702. The zero-order chi connectivity index (χ0) is 20.4. The number of sulfonamides is 1. The molecule has 150 valence electrons. The number of thiazole rings is 1. The number of aromatic nitrogens is 1. The number of hydrogen-bond acceptors (Lipinski definition) is 6. The molecular formula is C20H19N3O4S2. The van der Waals surface area contributed by atoms with Crippen LogP contribution in [0.5, 0.6) is 0 Å². The molecule has 2 aromatic carbocycles. The van der Waals surface area contributed by atoms with E-state index in [-0.39, 0.29) is 9.77 Å². The number of carbonyl (C=O) groups is 1. The molecule has 1 saturated heterocycles. The molecule has 1 aliphatic rings. The summed E-state index contributed by atoms with van der Waals surface area (Å²) in [5, 5.41) is 9.63. The van der Waals surface area contributed by atoms with Crippen molar-refractivity contribution in [1.29, 1.82) is 0 Å². The number of carboxylic acids is 1. The maximum absolute atomic E-state index is 13.0. The monoisotopic (exact) mass is 429 g/mol. The van der Waals surface area contributed by atoms with Crippen molar-refractivity contribution in [1.82, 2.24) is 9.29 Å². The Labute approximate surface area is 172 Å². The summed E-state index contributed by atoms with van der Waals surface area (Å²) >= 11 is 1.10. The fourth-order valence-corrected chi connectivity index (χ4v) is 5.46. The first kappa shape index (κ1) is 19.6. The smallest absolute Gasteiger partial charge is 0.347 e. The highest BCUT2D eigenvalue weighted by atomic mass is 32.2. The van der Waals surface area contributed by atoms with Gasteiger partial charge < -0.3 is 10.0 Å². The lowest BCUT2D eigenvalue weighted by Crippen LogP contribution is -2.48. The first-order valence-electron chi connectivity index (χ1n) is 9.05. The third kappa shape index (κ3) is 4.02. The van der Waals surface area contributed by atoms with Crippen LogP contribution in [0.4, 0.5) is 5.13 Å². The topological polar surface area (TPSA) is 90.8 Å². The largest absolute Gasteiger partial charge is 0.477 e. The van der Waals surface area contributed by atoms with Crippen LogP contribution in [0.15, 0.2) is 65.7 Å². The summed E-state index contributed by atoms with van der Waals surface area (Å²) < 4.78 is 27.4. The maximum Gasteiger partial charge on any atom is 0.347 e. The van der Waals surface area contributed by atoms with E-state index in [2.05, 4.69) is 4.98 Å². The molecule has 7 nitrogen and oxygen atoms in total. The van der Waals surface area contributed by atoms with Crippen molar-refractivity contribution in [3.63, 3.8) is 0 Å². The van der Waals surface area contributed by atoms with Crippen molar-refractivity contribution in [2.24, 2.45) is 0 Å². The quantitative estimate of drug-likeness (QED) is 0.670. The Hall–Kier alpha value is -2.75. The zero-order valence-corrected chi connectivity index (χ0v) is 17.1. The second-order valence-electron chi connectivity index (χ2n) is 6.59. The van der Waals surface area contributed by atoms with Crippen molar-refractivity contribution in [3.05, 3.63) is 65.7 Å². The molecule has 0 bridgehead atoms. The number of carboxylic acid groups (broad SMARTS) is 1. The van der Waals surface area contributed by atoms with Crippen LogP contribution in [0.1, 0.15) is 9.67 Å². The summed E-state index contributed by atoms with van der Waals surface area (Å²) in [7, 11) is -3.58. The molecule has 0 saturated carbocycles. The van der Waals surface area contributed by atoms with Crippen LogP contribution >= 0.6 is 11.3 Å². The van der Waals surface area contributed by atoms with Gasteiger partial charge in [-0.2, -0.15) is 4.31 Å². The summed E-state index contributed by atoms with van der Waals surface area (Å²) in [6.07, 6.45) is 1.33. The van der Waals surface area contributed by atoms with Crippen LogP contribution in [-0.2, 0) is 10.0 Å². The molecular weight excluding hydrogens is 410 g/mol. The summed E-state index contributed by atoms with van der Waals surface area (Å²) in [5.74, 6) is -1.01. The van der Waals surface area contributed by atoms with Crippen molar-refractivity contribution in [2.75, 3.05) is 31.1 Å². The Morgan fingerprint density at radius 1 is 0.931 bits per heavy atom. The van der Waals surface area contributed by atoms with Crippen LogP contribution in [0, 0.1) is 0 Å². The SMILES string of the molecule is O=C(O)c1cnc(N2CCN(S(=O)(=O)c3ccc(-c4ccccc4)cc3)CC2)s1. The zero-order valence-electron chi connectivity index (χ0n) is 15.4. The lowest BCUT2D eigenvalue weighted by atomic mass is 10.1. The molecule has 1 N–H and O–H groups in total. The number of benzene rings is 2. The average Bonchev–Trinajstić information content (AvgIpc) is 3.25. The molecule has 1 aromatic heterocycles. The summed E-state index contributed by atoms with van der Waals surface area (Å²) in [6.45, 7) is 1.58. The first-order valence-corrected chi connectivity index (χ1v) is 11.3. The molecule has 0 atom stereocenters. The van der Waals surface area contributed by atoms with Gasteiger partial charge in [0.05, 0.1) is 11.1 Å². The van der Waals surface area contributed by atoms with Gasteiger partial charge in [0, 0.05) is 26.2 Å². The highest BCUT2D eigenvalue weighted by Crippen LogP contribution is 2.26. The van der Waals surface area contributed by atoms with Crippen LogP contribution in [0.3, 0.4) is 0 Å². The Balaban J connectivity index is 1.45. The first-order chi connectivity index (χ1) is 13.9. The van der Waals surface area contributed by atoms with E-state index >= 15 is 0 Å². The molecule has 0 spiro atoms. The molecule has 0 unspecified atom stereocenters. The van der Waals surface area contributed by atoms with E-state index < -0.39 is 16.0 Å². The predicted molar refractivity (Wildman–Crippen MR) is 112 cm³/mol. The fourth-order valence-electron chi connectivity index (χ4n) is 3.23. The van der Waals surface area contributed by atoms with Gasteiger partial charge in [-0.3, -0.25) is 0 Å². The highest BCUT2D eigenvalue weighted by Gasteiger charge is 2.29. The van der Waals surface area contributed by atoms with E-state index in [1.54, 1.807) is 12.1 Å². The third-order valence-electron chi connectivity index (χ3n) is 4.81. The molecule has 3 aromatic rings. The highest BCUT2D eigenvalue weighted by molar-refractivity contribution is 7.89. The van der Waals surface area contributed by atoms with Gasteiger partial charge in [-0.25, -0.2) is 18.2 Å². The van der Waals surface area contributed by atoms with Crippen LogP contribution in [0.2, 0.25) is 0 Å². The Morgan fingerprint density at radius 3 is 2.14 bits per heavy atom. The number of aromatic carboxylic acids is 1. The minimum Gasteiger partial charge on any atom is -0.477 e. The van der Waals surface area contributed by atoms with Gasteiger partial charge >= 0.3 is 5.97 Å². The van der Waals surface area contributed by atoms with Crippen molar-refractivity contribution in [2.45, 2.75) is 4.90 Å². The van der Waals surface area contributed by atoms with Crippen LogP contribution in [0.25, 0.3) is 11.1 Å². The number of nitrogens with zero attached hydrogens (tertiary/aromatic N) is 3. The molecule has 2 heterocycles. The van der Waals surface area contributed by atoms with E-state index in [1.165, 1.54) is 10.5 Å². The summed E-state index contributed by atoms with van der Waals surface area (Å²) in [5.41, 5.74) is 2.00. The van der Waals surface area contributed by atoms with Gasteiger partial charge in [0.25, 0.3) is 0 Å². The van der Waals surface area contributed by atoms with Gasteiger partial charge in [-0.15, -0.1) is 0 Å².